The summed E-state index contributed by atoms with van der Waals surface area (Å²) in [5, 5.41) is 2.88. The normalized spacial score (nSPS) is 9.76. The van der Waals surface area contributed by atoms with Crippen LogP contribution in [-0.2, 0) is 4.74 Å². The van der Waals surface area contributed by atoms with Crippen molar-refractivity contribution >= 4 is 39.5 Å². The Kier molecular flexibility index (Phi) is 5.24. The molecule has 0 saturated heterocycles. The van der Waals surface area contributed by atoms with Gasteiger partial charge in [0.1, 0.15) is 6.61 Å². The minimum Gasteiger partial charge on any atom is -0.448 e. The highest BCUT2D eigenvalue weighted by Gasteiger charge is 2.11. The van der Waals surface area contributed by atoms with Gasteiger partial charge in [0.2, 0.25) is 0 Å². The Morgan fingerprint density at radius 3 is 2.82 bits per heavy atom. The summed E-state index contributed by atoms with van der Waals surface area (Å²) in [4.78, 5) is 21.9. The van der Waals surface area contributed by atoms with E-state index < -0.39 is 6.09 Å². The third-order valence-corrected chi connectivity index (χ3v) is 3.12. The predicted molar refractivity (Wildman–Crippen MR) is 67.0 cm³/mol. The van der Waals surface area contributed by atoms with Crippen molar-refractivity contribution in [3.8, 4) is 0 Å². The minimum atomic E-state index is -0.875. The van der Waals surface area contributed by atoms with Crippen LogP contribution in [0.2, 0.25) is 5.02 Å². The zero-order valence-corrected chi connectivity index (χ0v) is 11.0. The Morgan fingerprint density at radius 2 is 2.18 bits per heavy atom. The number of carbonyl (C=O) groups is 2. The van der Waals surface area contributed by atoms with Gasteiger partial charge in [0, 0.05) is 4.47 Å². The highest BCUT2D eigenvalue weighted by atomic mass is 79.9. The molecule has 5 nitrogen and oxygen atoms in total. The van der Waals surface area contributed by atoms with E-state index in [1.54, 1.807) is 18.2 Å². The molecule has 92 valence electrons. The molecule has 1 aromatic carbocycles. The molecule has 7 heteroatoms. The standard InChI is InChI=1S/C10H10BrClN2O3/c11-7-3-1-2-6(8(7)12)9(15)14-4-5-17-10(13)16/h1-3H,4-5H2,(H2,13,16)(H,14,15). The monoisotopic (exact) mass is 320 g/mol. The van der Waals surface area contributed by atoms with Crippen LogP contribution in [-0.4, -0.2) is 25.2 Å². The van der Waals surface area contributed by atoms with Gasteiger partial charge in [0.05, 0.1) is 17.1 Å². The number of ether oxygens (including phenoxy) is 1. The van der Waals surface area contributed by atoms with E-state index in [2.05, 4.69) is 26.0 Å². The third-order valence-electron chi connectivity index (χ3n) is 1.83. The number of nitrogens with one attached hydrogen (secondary N) is 1. The van der Waals surface area contributed by atoms with Gasteiger partial charge in [-0.05, 0) is 28.1 Å². The van der Waals surface area contributed by atoms with E-state index in [9.17, 15) is 9.59 Å². The topological polar surface area (TPSA) is 81.4 Å². The van der Waals surface area contributed by atoms with E-state index in [0.29, 0.717) is 15.1 Å². The maximum atomic E-state index is 11.7. The molecule has 2 amide bonds. The summed E-state index contributed by atoms with van der Waals surface area (Å²) in [5.41, 5.74) is 5.11. The Balaban J connectivity index is 2.53. The largest absolute Gasteiger partial charge is 0.448 e. The molecule has 0 atom stereocenters. The molecule has 0 aliphatic rings. The van der Waals surface area contributed by atoms with Gasteiger partial charge < -0.3 is 15.8 Å². The van der Waals surface area contributed by atoms with Crippen LogP contribution in [0, 0.1) is 0 Å². The van der Waals surface area contributed by atoms with Crippen LogP contribution < -0.4 is 11.1 Å². The van der Waals surface area contributed by atoms with Crippen LogP contribution in [0.4, 0.5) is 4.79 Å². The number of halogens is 2. The van der Waals surface area contributed by atoms with Gasteiger partial charge in [-0.15, -0.1) is 0 Å². The molecule has 0 bridgehead atoms. The first-order valence-corrected chi connectivity index (χ1v) is 5.84. The van der Waals surface area contributed by atoms with Gasteiger partial charge in [-0.2, -0.15) is 0 Å². The number of carbonyl (C=O) groups excluding carboxylic acids is 2. The molecule has 0 radical (unpaired) electrons. The molecule has 17 heavy (non-hydrogen) atoms. The average molecular weight is 322 g/mol. The summed E-state index contributed by atoms with van der Waals surface area (Å²) in [6.07, 6.45) is -0.875. The van der Waals surface area contributed by atoms with Crippen molar-refractivity contribution < 1.29 is 14.3 Å². The van der Waals surface area contributed by atoms with Crippen molar-refractivity contribution in [3.63, 3.8) is 0 Å². The molecule has 0 spiro atoms. The fraction of sp³-hybridized carbons (Fsp3) is 0.200. The van der Waals surface area contributed by atoms with Crippen LogP contribution in [0.3, 0.4) is 0 Å². The molecule has 0 aliphatic heterocycles. The molecule has 0 fully saturated rings. The molecule has 0 saturated carbocycles. The maximum absolute atomic E-state index is 11.7. The summed E-state index contributed by atoms with van der Waals surface area (Å²) >= 11 is 9.16. The van der Waals surface area contributed by atoms with Crippen molar-refractivity contribution in [2.75, 3.05) is 13.2 Å². The van der Waals surface area contributed by atoms with Crippen LogP contribution in [0.1, 0.15) is 10.4 Å². The Morgan fingerprint density at radius 1 is 1.47 bits per heavy atom. The van der Waals surface area contributed by atoms with Gasteiger partial charge in [-0.3, -0.25) is 4.79 Å². The van der Waals surface area contributed by atoms with E-state index in [-0.39, 0.29) is 19.1 Å². The summed E-state index contributed by atoms with van der Waals surface area (Å²) in [6, 6.07) is 5.03. The van der Waals surface area contributed by atoms with Crippen molar-refractivity contribution in [1.82, 2.24) is 5.32 Å². The summed E-state index contributed by atoms with van der Waals surface area (Å²) < 4.78 is 5.10. The van der Waals surface area contributed by atoms with E-state index in [0.717, 1.165) is 0 Å². The van der Waals surface area contributed by atoms with Crippen LogP contribution in [0.15, 0.2) is 22.7 Å². The number of nitrogens with two attached hydrogens (primary N) is 1. The molecule has 0 heterocycles. The van der Waals surface area contributed by atoms with Gasteiger partial charge in [0.15, 0.2) is 0 Å². The van der Waals surface area contributed by atoms with E-state index >= 15 is 0 Å². The van der Waals surface area contributed by atoms with Gasteiger partial charge in [-0.1, -0.05) is 17.7 Å². The molecule has 0 aromatic heterocycles. The van der Waals surface area contributed by atoms with Crippen molar-refractivity contribution in [2.45, 2.75) is 0 Å². The Hall–Kier alpha value is -1.27. The Labute approximate surface area is 111 Å². The predicted octanol–water partition coefficient (Wildman–Crippen LogP) is 1.93. The van der Waals surface area contributed by atoms with Crippen molar-refractivity contribution in [3.05, 3.63) is 33.3 Å². The molecular weight excluding hydrogens is 311 g/mol. The van der Waals surface area contributed by atoms with Crippen LogP contribution in [0.5, 0.6) is 0 Å². The lowest BCUT2D eigenvalue weighted by atomic mass is 10.2. The Bertz CT molecular complexity index is 440. The van der Waals surface area contributed by atoms with Gasteiger partial charge in [-0.25, -0.2) is 4.79 Å². The lowest BCUT2D eigenvalue weighted by molar-refractivity contribution is 0.0937. The zero-order valence-electron chi connectivity index (χ0n) is 8.70. The van der Waals surface area contributed by atoms with Gasteiger partial charge >= 0.3 is 6.09 Å². The van der Waals surface area contributed by atoms with Crippen molar-refractivity contribution in [2.24, 2.45) is 5.73 Å². The summed E-state index contributed by atoms with van der Waals surface area (Å²) in [7, 11) is 0. The van der Waals surface area contributed by atoms with E-state index in [1.807, 2.05) is 0 Å². The summed E-state index contributed by atoms with van der Waals surface area (Å²) in [5.74, 6) is -0.343. The molecule has 1 aromatic rings. The second-order valence-corrected chi connectivity index (χ2v) is 4.26. The first kappa shape index (κ1) is 13.8. The zero-order chi connectivity index (χ0) is 12.8. The number of rotatable bonds is 4. The first-order chi connectivity index (χ1) is 8.02. The lowest BCUT2D eigenvalue weighted by Crippen LogP contribution is -2.29. The quantitative estimate of drug-likeness (QED) is 0.831. The molecule has 3 N–H and O–H groups in total. The smallest absolute Gasteiger partial charge is 0.404 e. The summed E-state index contributed by atoms with van der Waals surface area (Å²) in [6.45, 7) is 0.192. The second-order valence-electron chi connectivity index (χ2n) is 3.02. The SMILES string of the molecule is NC(=O)OCCNC(=O)c1cccc(Br)c1Cl. The molecule has 0 unspecified atom stereocenters. The van der Waals surface area contributed by atoms with Crippen LogP contribution >= 0.6 is 27.5 Å². The first-order valence-electron chi connectivity index (χ1n) is 4.67. The van der Waals surface area contributed by atoms with Gasteiger partial charge in [0.25, 0.3) is 5.91 Å². The number of primary amides is 1. The maximum Gasteiger partial charge on any atom is 0.404 e. The number of benzene rings is 1. The molecule has 0 aliphatic carbocycles. The average Bonchev–Trinajstić information content (AvgIpc) is 2.27. The molecule has 1 rings (SSSR count). The third kappa shape index (κ3) is 4.24. The fourth-order valence-corrected chi connectivity index (χ4v) is 1.67. The second kappa shape index (κ2) is 6.46. The molecular formula is C10H10BrClN2O3. The number of hydrogen-bond acceptors (Lipinski definition) is 3. The highest BCUT2D eigenvalue weighted by Crippen LogP contribution is 2.25. The fourth-order valence-electron chi connectivity index (χ4n) is 1.09. The van der Waals surface area contributed by atoms with E-state index in [4.69, 9.17) is 17.3 Å². The minimum absolute atomic E-state index is 0.0205. The van der Waals surface area contributed by atoms with Crippen molar-refractivity contribution in [1.29, 1.82) is 0 Å². The number of amides is 2. The van der Waals surface area contributed by atoms with E-state index in [1.165, 1.54) is 0 Å². The number of hydrogen-bond donors (Lipinski definition) is 2. The highest BCUT2D eigenvalue weighted by molar-refractivity contribution is 9.10. The van der Waals surface area contributed by atoms with Crippen LogP contribution in [0.25, 0.3) is 0 Å². The lowest BCUT2D eigenvalue weighted by Gasteiger charge is -2.07.